The Balaban J connectivity index is 0.000000222. The van der Waals surface area contributed by atoms with E-state index in [0.29, 0.717) is 17.3 Å². The van der Waals surface area contributed by atoms with Crippen molar-refractivity contribution >= 4 is 39.1 Å². The van der Waals surface area contributed by atoms with Crippen LogP contribution < -0.4 is 21.3 Å². The molecule has 106 heavy (non-hydrogen) atoms. The molecule has 1 aliphatic carbocycles. The van der Waals surface area contributed by atoms with Gasteiger partial charge in [0, 0.05) is 75.1 Å². The summed E-state index contributed by atoms with van der Waals surface area (Å²) < 4.78 is 190. The monoisotopic (exact) mass is 1560 g/mol. The zero-order chi connectivity index (χ0) is 77.8. The molecule has 8 aromatic rings. The first-order valence-electron chi connectivity index (χ1n) is 31.3. The van der Waals surface area contributed by atoms with E-state index in [-0.39, 0.29) is 116 Å². The number of aromatic amines is 4. The van der Waals surface area contributed by atoms with E-state index in [1.54, 1.807) is 31.2 Å². The summed E-state index contributed by atoms with van der Waals surface area (Å²) in [6.45, 7) is 1.78. The second-order valence-electron chi connectivity index (χ2n) is 23.4. The molecule has 4 aromatic carbocycles. The molecular weight excluding hydrogens is 1500 g/mol. The number of ketones is 4. The smallest absolute Gasteiger partial charge is 0.298 e. The number of nitrogens with zero attached hydrogens (tertiary/aromatic N) is 16. The van der Waals surface area contributed by atoms with Crippen molar-refractivity contribution in [2.75, 3.05) is 0 Å². The van der Waals surface area contributed by atoms with Crippen LogP contribution in [0, 0.1) is 69.3 Å². The van der Waals surface area contributed by atoms with Crippen molar-refractivity contribution in [1.82, 2.24) is 104 Å². The number of tetrazole rings is 4. The first-order chi connectivity index (χ1) is 50.1. The number of nitrogens with one attached hydrogen (secondary N) is 8. The maximum atomic E-state index is 13.7. The molecular formula is C63H61BrF14N24O4. The van der Waals surface area contributed by atoms with Gasteiger partial charge in [0.1, 0.15) is 35.8 Å². The first kappa shape index (κ1) is 84.1. The molecule has 1 fully saturated rings. The van der Waals surface area contributed by atoms with Crippen LogP contribution in [-0.2, 0) is 44.9 Å². The lowest BCUT2D eigenvalue weighted by Gasteiger charge is -2.27. The van der Waals surface area contributed by atoms with Crippen molar-refractivity contribution in [2.24, 2.45) is 5.41 Å². The van der Waals surface area contributed by atoms with Gasteiger partial charge in [0.15, 0.2) is 46.4 Å². The highest BCUT2D eigenvalue weighted by molar-refractivity contribution is 9.10. The van der Waals surface area contributed by atoms with Crippen molar-refractivity contribution in [1.29, 1.82) is 21.0 Å². The number of carbonyl (C=O) groups excluding carboxylic acids is 4. The van der Waals surface area contributed by atoms with E-state index >= 15 is 0 Å². The van der Waals surface area contributed by atoms with E-state index in [9.17, 15) is 85.9 Å². The Hall–Kier alpha value is -10.9. The van der Waals surface area contributed by atoms with E-state index in [1.165, 1.54) is 36.4 Å². The predicted molar refractivity (Wildman–Crippen MR) is 339 cm³/mol. The summed E-state index contributed by atoms with van der Waals surface area (Å²) in [7, 11) is 0. The van der Waals surface area contributed by atoms with Gasteiger partial charge in [0.05, 0.1) is 53.9 Å². The molecule has 9 rings (SSSR count). The third-order valence-electron chi connectivity index (χ3n) is 15.5. The van der Waals surface area contributed by atoms with Crippen LogP contribution in [0.5, 0.6) is 0 Å². The maximum Gasteiger partial charge on any atom is 0.407 e. The van der Waals surface area contributed by atoms with Crippen molar-refractivity contribution in [2.45, 2.75) is 163 Å². The number of rotatable bonds is 32. The van der Waals surface area contributed by atoms with Gasteiger partial charge in [0.2, 0.25) is 0 Å². The lowest BCUT2D eigenvalue weighted by Crippen LogP contribution is -2.46. The fourth-order valence-corrected chi connectivity index (χ4v) is 10.2. The van der Waals surface area contributed by atoms with E-state index in [4.69, 9.17) is 15.8 Å². The molecule has 0 amide bonds. The third kappa shape index (κ3) is 27.3. The maximum absolute atomic E-state index is 13.7. The number of benzene rings is 4. The van der Waals surface area contributed by atoms with E-state index in [2.05, 4.69) is 126 Å². The number of Topliss-reactive ketones (excluding diaryl/α,β-unsaturated/α-hetero) is 4. The van der Waals surface area contributed by atoms with E-state index < -0.39 is 113 Å². The molecule has 8 N–H and O–H groups in total. The number of hydrogen-bond acceptors (Lipinski definition) is 24. The van der Waals surface area contributed by atoms with Crippen molar-refractivity contribution in [3.63, 3.8) is 0 Å². The van der Waals surface area contributed by atoms with Gasteiger partial charge in [-0.15, -0.1) is 40.8 Å². The van der Waals surface area contributed by atoms with Crippen LogP contribution >= 0.6 is 15.9 Å². The lowest BCUT2D eigenvalue weighted by molar-refractivity contribution is -0.161. The van der Waals surface area contributed by atoms with Crippen LogP contribution in [0.25, 0.3) is 0 Å². The molecule has 4 heterocycles. The second kappa shape index (κ2) is 39.3. The molecule has 0 aliphatic heterocycles. The highest BCUT2D eigenvalue weighted by Crippen LogP contribution is 2.49. The zero-order valence-electron chi connectivity index (χ0n) is 55.0. The van der Waals surface area contributed by atoms with Crippen molar-refractivity contribution in [3.8, 4) is 24.3 Å². The fourth-order valence-electron chi connectivity index (χ4n) is 9.94. The molecule has 8 atom stereocenters. The minimum Gasteiger partial charge on any atom is -0.298 e. The SMILES string of the molecule is Cc1ccc([C@H](N[C@@H](Cc2nn[nH]n2)C(=O)CC2(C#N)CC2)C(F)(F)F)cc1.N#CCCC(=O)[C@H](Cc1nn[nH]n1)N[C@@H](c1ccc(Br)cc1)C(F)(F)F.N#CCCC(=O)[C@H](Cc1nn[nH]n1)N[C@@H](c1ccc(F)cc1)C(F)(F)F.N#CCCC(=O)[C@H](Cc1nn[nH]n1)N[C@@H](c1cccc(F)c1)C(F)(F)F. The number of alkyl halides is 12. The van der Waals surface area contributed by atoms with Gasteiger partial charge in [-0.3, -0.25) is 40.4 Å². The van der Waals surface area contributed by atoms with Crippen LogP contribution in [-0.4, -0.2) is 155 Å². The van der Waals surface area contributed by atoms with Gasteiger partial charge in [-0.25, -0.2) is 8.78 Å². The minimum atomic E-state index is -4.78. The van der Waals surface area contributed by atoms with Gasteiger partial charge < -0.3 is 0 Å². The van der Waals surface area contributed by atoms with Crippen LogP contribution in [0.1, 0.15) is 133 Å². The fraction of sp³-hybridized carbons (Fsp3) is 0.429. The van der Waals surface area contributed by atoms with Crippen molar-refractivity contribution in [3.05, 3.63) is 164 Å². The van der Waals surface area contributed by atoms with Crippen LogP contribution in [0.4, 0.5) is 61.5 Å². The first-order valence-corrected chi connectivity index (χ1v) is 32.1. The van der Waals surface area contributed by atoms with Gasteiger partial charge in [0.25, 0.3) is 0 Å². The highest BCUT2D eigenvalue weighted by Gasteiger charge is 2.49. The standard InChI is InChI=1S/C18H19F3N6O.C15H14BrF3N6O.2C15H14F4N6O/c1-11-2-4-12(5-3-11)16(18(19,20)21)23-13(8-15-24-26-27-25-15)14(28)9-17(10-22)6-7-17;16-10-5-3-9(4-6-10)14(15(17,18)19)21-11(12(26)2-1-7-20)8-13-22-24-25-23-13;16-10-4-1-3-9(7-10)14(15(17,18)19)21-11(12(26)5-2-6-20)8-13-22-24-25-23-13;16-10-5-3-9(4-6-10)14(15(17,18)19)21-11(12(26)2-1-7-20)8-13-22-24-25-23-13/h2-5,13,16,23H,6-9H2,1H3,(H,24,25,26,27);3-6,11,14,21H,1-2,8H2,(H,22,23,24,25);1,3-4,7,11,14,21H,2,5,8H2,(H,22,23,24,25);3-6,11,14,21H,1-2,8H2,(H,22,23,24,25)/t13-,16-;3*11-,14-/m0000/s1. The van der Waals surface area contributed by atoms with E-state index in [0.717, 1.165) is 54.1 Å². The van der Waals surface area contributed by atoms with Gasteiger partial charge >= 0.3 is 24.7 Å². The van der Waals surface area contributed by atoms with Crippen molar-refractivity contribution < 1.29 is 80.6 Å². The summed E-state index contributed by atoms with van der Waals surface area (Å²) in [6, 6.07) is 13.2. The Kier molecular flexibility index (Phi) is 31.2. The topological polar surface area (TPSA) is 429 Å². The van der Waals surface area contributed by atoms with E-state index in [1.807, 2.05) is 6.07 Å². The minimum absolute atomic E-state index is 0.00503. The molecule has 0 saturated heterocycles. The quantitative estimate of drug-likeness (QED) is 0.0182. The third-order valence-corrected chi connectivity index (χ3v) is 16.0. The second-order valence-corrected chi connectivity index (χ2v) is 24.3. The van der Waals surface area contributed by atoms with Crippen LogP contribution in [0.3, 0.4) is 0 Å². The summed E-state index contributed by atoms with van der Waals surface area (Å²) in [4.78, 5) is 49.6. The normalized spacial score (nSPS) is 14.8. The Labute approximate surface area is 599 Å². The zero-order valence-corrected chi connectivity index (χ0v) is 56.6. The molecule has 28 nitrogen and oxygen atoms in total. The molecule has 0 bridgehead atoms. The number of aryl methyl sites for hydroxylation is 1. The molecule has 1 saturated carbocycles. The Bertz CT molecular complexity index is 4090. The van der Waals surface area contributed by atoms with Gasteiger partial charge in [-0.05, 0) is 78.4 Å². The summed E-state index contributed by atoms with van der Waals surface area (Å²) in [5.74, 6) is -3.39. The molecule has 43 heteroatoms. The summed E-state index contributed by atoms with van der Waals surface area (Å²) >= 11 is 3.17. The molecule has 1 aliphatic rings. The Morgan fingerprint density at radius 2 is 0.764 bits per heavy atom. The predicted octanol–water partition coefficient (Wildman–Crippen LogP) is 9.25. The summed E-state index contributed by atoms with van der Waals surface area (Å²) in [6.07, 6.45) is -19.5. The van der Waals surface area contributed by atoms with Gasteiger partial charge in [-0.1, -0.05) is 103 Å². The largest absolute Gasteiger partial charge is 0.407 e. The molecule has 562 valence electrons. The summed E-state index contributed by atoms with van der Waals surface area (Å²) in [5, 5.41) is 95.7. The summed E-state index contributed by atoms with van der Waals surface area (Å²) in [5.41, 5.74) is -0.578. The Morgan fingerprint density at radius 1 is 0.453 bits per heavy atom. The average molecular weight is 1560 g/mol. The molecule has 0 unspecified atom stereocenters. The van der Waals surface area contributed by atoms with Crippen LogP contribution in [0.15, 0.2) is 102 Å². The number of H-pyrrole nitrogens is 4. The van der Waals surface area contributed by atoms with Crippen LogP contribution in [0.2, 0.25) is 0 Å². The van der Waals surface area contributed by atoms with Gasteiger partial charge in [-0.2, -0.15) is 94.6 Å². The lowest BCUT2D eigenvalue weighted by atomic mass is 9.94. The average Bonchev–Trinajstić information content (AvgIpc) is 1.61. The number of hydrogen-bond donors (Lipinski definition) is 8. The number of nitriles is 4. The number of carbonyl (C=O) groups is 4. The number of aromatic nitrogens is 16. The highest BCUT2D eigenvalue weighted by atomic mass is 79.9. The molecule has 4 aromatic heterocycles. The Morgan fingerprint density at radius 3 is 1.05 bits per heavy atom. The molecule has 0 radical (unpaired) electrons. The molecule has 0 spiro atoms. The number of halogens is 15.